The summed E-state index contributed by atoms with van der Waals surface area (Å²) in [5.41, 5.74) is 0. The fraction of sp³-hybridized carbons (Fsp3) is 0.400. The Morgan fingerprint density at radius 1 is 1.78 bits per heavy atom. The second-order valence-corrected chi connectivity index (χ2v) is 1.64. The number of alkyl halides is 2. The van der Waals surface area contributed by atoms with Gasteiger partial charge in [-0.25, -0.2) is 4.79 Å². The van der Waals surface area contributed by atoms with Crippen molar-refractivity contribution in [3.8, 4) is 0 Å². The van der Waals surface area contributed by atoms with Crippen molar-refractivity contribution < 1.29 is 9.53 Å². The average molecular weight is 171 g/mol. The number of carbonyl (C=O) groups excluding carboxylic acids is 1. The zero-order valence-electron chi connectivity index (χ0n) is 5.06. The zero-order chi connectivity index (χ0) is 7.70. The van der Waals surface area contributed by atoms with Gasteiger partial charge in [0, 0.05) is 6.08 Å². The Morgan fingerprint density at radius 3 is 2.11 bits per heavy atom. The third-order valence-electron chi connectivity index (χ3n) is 0.368. The third-order valence-corrected chi connectivity index (χ3v) is 0.368. The summed E-state index contributed by atoms with van der Waals surface area (Å²) in [6.07, 6.45) is 1.11. The lowest BCUT2D eigenvalue weighted by atomic mass is 10.7. The van der Waals surface area contributed by atoms with Gasteiger partial charge in [-0.1, -0.05) is 6.58 Å². The molecule has 0 saturated carbocycles. The van der Waals surface area contributed by atoms with Crippen molar-refractivity contribution in [2.45, 2.75) is 0 Å². The van der Waals surface area contributed by atoms with E-state index in [0.29, 0.717) is 0 Å². The normalized spacial score (nSPS) is 6.56. The number of esters is 1. The number of carbonyl (C=O) groups is 1. The largest absolute Gasteiger partial charge is 0.466 e. The molecular weight excluding hydrogens is 163 g/mol. The van der Waals surface area contributed by atoms with E-state index in [4.69, 9.17) is 23.2 Å². The highest BCUT2D eigenvalue weighted by molar-refractivity contribution is 6.40. The number of hydrogen-bond donors (Lipinski definition) is 0. The molecule has 9 heavy (non-hydrogen) atoms. The van der Waals surface area contributed by atoms with Crippen LogP contribution in [0.5, 0.6) is 0 Å². The van der Waals surface area contributed by atoms with Crippen LogP contribution in [0.1, 0.15) is 0 Å². The second-order valence-electron chi connectivity index (χ2n) is 0.828. The van der Waals surface area contributed by atoms with E-state index in [9.17, 15) is 4.79 Å². The molecule has 0 heterocycles. The summed E-state index contributed by atoms with van der Waals surface area (Å²) >= 11 is 9.53. The van der Waals surface area contributed by atoms with Crippen LogP contribution in [0.25, 0.3) is 0 Å². The van der Waals surface area contributed by atoms with E-state index < -0.39 is 5.97 Å². The number of hydrogen-bond acceptors (Lipinski definition) is 2. The Bertz CT molecular complexity index is 83.0. The van der Waals surface area contributed by atoms with E-state index in [0.717, 1.165) is 6.08 Å². The predicted molar refractivity (Wildman–Crippen MR) is 38.8 cm³/mol. The van der Waals surface area contributed by atoms with Crippen molar-refractivity contribution in [2.75, 3.05) is 12.4 Å². The van der Waals surface area contributed by atoms with Crippen LogP contribution in [0.3, 0.4) is 0 Å². The van der Waals surface area contributed by atoms with Gasteiger partial charge >= 0.3 is 5.97 Å². The average Bonchev–Trinajstić information content (AvgIpc) is 1.88. The molecule has 0 rings (SSSR count). The van der Waals surface area contributed by atoms with Gasteiger partial charge in [-0.3, -0.25) is 0 Å². The summed E-state index contributed by atoms with van der Waals surface area (Å²) in [7, 11) is 1.31. The molecule has 0 N–H and O–H groups in total. The number of halogens is 2. The first-order valence-electron chi connectivity index (χ1n) is 2.05. The molecule has 0 atom stereocenters. The number of methoxy groups -OCH3 is 1. The van der Waals surface area contributed by atoms with Crippen molar-refractivity contribution in [1.29, 1.82) is 0 Å². The molecule has 0 radical (unpaired) electrons. The van der Waals surface area contributed by atoms with E-state index in [1.807, 2.05) is 0 Å². The minimum Gasteiger partial charge on any atom is -0.466 e. The summed E-state index contributed by atoms with van der Waals surface area (Å²) < 4.78 is 4.14. The Balaban J connectivity index is 0. The van der Waals surface area contributed by atoms with E-state index in [2.05, 4.69) is 11.3 Å². The summed E-state index contributed by atoms with van der Waals surface area (Å²) in [5, 5.41) is 0.194. The van der Waals surface area contributed by atoms with Crippen LogP contribution in [0.15, 0.2) is 12.7 Å². The Hall–Kier alpha value is -0.210. The fourth-order valence-corrected chi connectivity index (χ4v) is 0.0833. The van der Waals surface area contributed by atoms with Gasteiger partial charge in [0.05, 0.1) is 12.4 Å². The van der Waals surface area contributed by atoms with Crippen molar-refractivity contribution in [3.05, 3.63) is 12.7 Å². The Morgan fingerprint density at radius 2 is 2.11 bits per heavy atom. The van der Waals surface area contributed by atoms with Gasteiger partial charge in [-0.05, 0) is 0 Å². The molecule has 0 aromatic rings. The van der Waals surface area contributed by atoms with Gasteiger partial charge < -0.3 is 4.74 Å². The van der Waals surface area contributed by atoms with E-state index in [-0.39, 0.29) is 5.34 Å². The first-order chi connectivity index (χ1) is 4.22. The molecule has 0 aromatic heterocycles. The van der Waals surface area contributed by atoms with E-state index >= 15 is 0 Å². The van der Waals surface area contributed by atoms with Gasteiger partial charge in [-0.2, -0.15) is 0 Å². The van der Waals surface area contributed by atoms with Crippen LogP contribution < -0.4 is 0 Å². The molecule has 0 bridgehead atoms. The fourth-order valence-electron chi connectivity index (χ4n) is 0.0833. The summed E-state index contributed by atoms with van der Waals surface area (Å²) in [4.78, 5) is 9.84. The van der Waals surface area contributed by atoms with Gasteiger partial charge in [-0.15, -0.1) is 23.2 Å². The number of rotatable bonds is 1. The minimum absolute atomic E-state index is 0.194. The van der Waals surface area contributed by atoms with Crippen LogP contribution in [0.2, 0.25) is 0 Å². The van der Waals surface area contributed by atoms with Gasteiger partial charge in [0.1, 0.15) is 0 Å². The summed E-state index contributed by atoms with van der Waals surface area (Å²) in [6.45, 7) is 3.16. The lowest BCUT2D eigenvalue weighted by Crippen LogP contribution is -1.91. The second kappa shape index (κ2) is 10.7. The van der Waals surface area contributed by atoms with Gasteiger partial charge in [0.2, 0.25) is 0 Å². The zero-order valence-corrected chi connectivity index (χ0v) is 6.58. The standard InChI is InChI=1S/C4H6O2.CH2Cl2/c1-3-4(5)6-2;2-1-3/h3H,1H2,2H3;1H2. The quantitative estimate of drug-likeness (QED) is 0.341. The topological polar surface area (TPSA) is 26.3 Å². The lowest BCUT2D eigenvalue weighted by Gasteiger charge is -1.83. The Labute approximate surface area is 64.4 Å². The molecule has 0 unspecified atom stereocenters. The van der Waals surface area contributed by atoms with Crippen LogP contribution in [-0.2, 0) is 9.53 Å². The maximum absolute atomic E-state index is 9.84. The molecule has 0 spiro atoms. The highest BCUT2D eigenvalue weighted by Gasteiger charge is 1.81. The minimum atomic E-state index is -0.394. The van der Waals surface area contributed by atoms with Crippen molar-refractivity contribution >= 4 is 29.2 Å². The highest BCUT2D eigenvalue weighted by Crippen LogP contribution is 1.73. The molecular formula is C5H8Cl2O2. The molecule has 0 aliphatic rings. The molecule has 0 saturated heterocycles. The lowest BCUT2D eigenvalue weighted by molar-refractivity contribution is -0.134. The molecule has 54 valence electrons. The SMILES string of the molecule is C=CC(=O)OC.ClCCl. The molecule has 0 amide bonds. The molecule has 0 aromatic carbocycles. The van der Waals surface area contributed by atoms with Crippen LogP contribution in [-0.4, -0.2) is 18.4 Å². The van der Waals surface area contributed by atoms with E-state index in [1.54, 1.807) is 0 Å². The smallest absolute Gasteiger partial charge is 0.329 e. The van der Waals surface area contributed by atoms with E-state index in [1.165, 1.54) is 7.11 Å². The van der Waals surface area contributed by atoms with Crippen LogP contribution >= 0.6 is 23.2 Å². The first-order valence-corrected chi connectivity index (χ1v) is 3.12. The monoisotopic (exact) mass is 170 g/mol. The summed E-state index contributed by atoms with van der Waals surface area (Å²) in [5.74, 6) is -0.394. The van der Waals surface area contributed by atoms with Gasteiger partial charge in [0.15, 0.2) is 0 Å². The molecule has 0 fully saturated rings. The molecule has 4 heteroatoms. The number of ether oxygens (including phenoxy) is 1. The third kappa shape index (κ3) is 18.2. The van der Waals surface area contributed by atoms with Crippen LogP contribution in [0.4, 0.5) is 0 Å². The van der Waals surface area contributed by atoms with Crippen molar-refractivity contribution in [1.82, 2.24) is 0 Å². The maximum atomic E-state index is 9.84. The Kier molecular flexibility index (Phi) is 13.8. The van der Waals surface area contributed by atoms with Gasteiger partial charge in [0.25, 0.3) is 0 Å². The summed E-state index contributed by atoms with van der Waals surface area (Å²) in [6, 6.07) is 0. The molecule has 0 aliphatic heterocycles. The predicted octanol–water partition coefficient (Wildman–Crippen LogP) is 1.77. The van der Waals surface area contributed by atoms with Crippen molar-refractivity contribution in [3.63, 3.8) is 0 Å². The highest BCUT2D eigenvalue weighted by atomic mass is 35.5. The first kappa shape index (κ1) is 11.6. The van der Waals surface area contributed by atoms with Crippen molar-refractivity contribution in [2.24, 2.45) is 0 Å². The van der Waals surface area contributed by atoms with Crippen LogP contribution in [0, 0.1) is 0 Å². The maximum Gasteiger partial charge on any atom is 0.329 e. The molecule has 2 nitrogen and oxygen atoms in total. The molecule has 0 aliphatic carbocycles.